The number of amides is 1. The molecule has 2 N–H and O–H groups in total. The third-order valence-electron chi connectivity index (χ3n) is 2.26. The smallest absolute Gasteiger partial charge is 0.236 e. The quantitative estimate of drug-likeness (QED) is 0.455. The lowest BCUT2D eigenvalue weighted by Crippen LogP contribution is -2.36. The van der Waals surface area contributed by atoms with Gasteiger partial charge in [-0.1, -0.05) is 43.7 Å². The molecule has 1 aromatic carbocycles. The predicted molar refractivity (Wildman–Crippen MR) is 60.7 cm³/mol. The van der Waals surface area contributed by atoms with Gasteiger partial charge in [-0.15, -0.1) is 0 Å². The number of hydrazine groups is 1. The third-order valence-corrected chi connectivity index (χ3v) is 2.26. The number of hydrogen-bond acceptors (Lipinski definition) is 2. The van der Waals surface area contributed by atoms with Gasteiger partial charge in [-0.3, -0.25) is 9.80 Å². The van der Waals surface area contributed by atoms with Crippen LogP contribution in [-0.4, -0.2) is 10.9 Å². The fraction of sp³-hybridized carbons (Fsp3) is 0.417. The fourth-order valence-corrected chi connectivity index (χ4v) is 1.34. The Kier molecular flexibility index (Phi) is 4.84. The Hall–Kier alpha value is -1.35. The van der Waals surface area contributed by atoms with E-state index in [1.54, 1.807) is 0 Å². The molecule has 1 amide bonds. The molecule has 0 aliphatic carbocycles. The largest absolute Gasteiger partial charge is 0.276 e. The van der Waals surface area contributed by atoms with E-state index >= 15 is 0 Å². The van der Waals surface area contributed by atoms with Crippen LogP contribution in [0.3, 0.4) is 0 Å². The second-order valence-electron chi connectivity index (χ2n) is 3.61. The highest BCUT2D eigenvalue weighted by Crippen LogP contribution is 2.04. The van der Waals surface area contributed by atoms with Crippen LogP contribution < -0.4 is 5.84 Å². The van der Waals surface area contributed by atoms with Crippen LogP contribution in [-0.2, 0) is 11.3 Å². The molecule has 0 spiro atoms. The highest BCUT2D eigenvalue weighted by Gasteiger charge is 2.08. The molecule has 0 saturated heterocycles. The summed E-state index contributed by atoms with van der Waals surface area (Å²) in [6.07, 6.45) is 2.46. The second-order valence-corrected chi connectivity index (χ2v) is 3.61. The molecule has 0 aromatic heterocycles. The van der Waals surface area contributed by atoms with Gasteiger partial charge in [-0.05, 0) is 12.0 Å². The lowest BCUT2D eigenvalue weighted by Gasteiger charge is -2.16. The molecular weight excluding hydrogens is 188 g/mol. The van der Waals surface area contributed by atoms with Crippen molar-refractivity contribution < 1.29 is 4.79 Å². The van der Waals surface area contributed by atoms with E-state index in [1.165, 1.54) is 5.01 Å². The van der Waals surface area contributed by atoms with Crippen molar-refractivity contribution in [1.29, 1.82) is 0 Å². The first-order valence-electron chi connectivity index (χ1n) is 5.33. The van der Waals surface area contributed by atoms with Gasteiger partial charge in [0.25, 0.3) is 0 Å². The molecule has 0 heterocycles. The monoisotopic (exact) mass is 206 g/mol. The van der Waals surface area contributed by atoms with Crippen LogP contribution in [0.25, 0.3) is 0 Å². The molecule has 0 saturated carbocycles. The molecule has 15 heavy (non-hydrogen) atoms. The fourth-order valence-electron chi connectivity index (χ4n) is 1.34. The normalized spacial score (nSPS) is 10.0. The zero-order valence-electron chi connectivity index (χ0n) is 9.15. The molecule has 0 atom stereocenters. The number of benzene rings is 1. The Morgan fingerprint density at radius 3 is 2.60 bits per heavy atom. The van der Waals surface area contributed by atoms with Gasteiger partial charge in [0, 0.05) is 6.42 Å². The van der Waals surface area contributed by atoms with E-state index in [9.17, 15) is 4.79 Å². The first-order valence-corrected chi connectivity index (χ1v) is 5.33. The Labute approximate surface area is 90.9 Å². The van der Waals surface area contributed by atoms with Crippen molar-refractivity contribution >= 4 is 5.91 Å². The van der Waals surface area contributed by atoms with Crippen LogP contribution >= 0.6 is 0 Å². The maximum atomic E-state index is 11.5. The Morgan fingerprint density at radius 2 is 2.00 bits per heavy atom. The lowest BCUT2D eigenvalue weighted by atomic mass is 10.2. The number of carbonyl (C=O) groups excluding carboxylic acids is 1. The summed E-state index contributed by atoms with van der Waals surface area (Å²) in [5, 5.41) is 1.30. The van der Waals surface area contributed by atoms with Gasteiger partial charge in [0.1, 0.15) is 0 Å². The summed E-state index contributed by atoms with van der Waals surface area (Å²) < 4.78 is 0. The van der Waals surface area contributed by atoms with Gasteiger partial charge in [-0.2, -0.15) is 0 Å². The number of hydrogen-bond donors (Lipinski definition) is 1. The number of nitrogens with two attached hydrogens (primary N) is 1. The minimum absolute atomic E-state index is 0.0145. The van der Waals surface area contributed by atoms with E-state index < -0.39 is 0 Å². The lowest BCUT2D eigenvalue weighted by molar-refractivity contribution is -0.132. The van der Waals surface area contributed by atoms with Gasteiger partial charge < -0.3 is 0 Å². The number of nitrogens with zero attached hydrogens (tertiary/aromatic N) is 1. The van der Waals surface area contributed by atoms with E-state index in [0.717, 1.165) is 18.4 Å². The van der Waals surface area contributed by atoms with Crippen LogP contribution in [0.15, 0.2) is 30.3 Å². The zero-order valence-corrected chi connectivity index (χ0v) is 9.15. The van der Waals surface area contributed by atoms with Crippen molar-refractivity contribution in [2.75, 3.05) is 0 Å². The summed E-state index contributed by atoms with van der Waals surface area (Å²) in [6.45, 7) is 2.55. The minimum atomic E-state index is 0.0145. The zero-order chi connectivity index (χ0) is 11.1. The van der Waals surface area contributed by atoms with Gasteiger partial charge in [-0.25, -0.2) is 5.84 Å². The first-order chi connectivity index (χ1) is 7.24. The molecule has 3 heteroatoms. The molecular formula is C12H18N2O. The summed E-state index contributed by atoms with van der Waals surface area (Å²) in [6, 6.07) is 9.77. The third kappa shape index (κ3) is 4.13. The predicted octanol–water partition coefficient (Wildman–Crippen LogP) is 2.08. The molecule has 0 bridgehead atoms. The van der Waals surface area contributed by atoms with Crippen molar-refractivity contribution in [3.8, 4) is 0 Å². The second kappa shape index (κ2) is 6.19. The summed E-state index contributed by atoms with van der Waals surface area (Å²) in [4.78, 5) is 11.5. The molecule has 1 rings (SSSR count). The van der Waals surface area contributed by atoms with Crippen molar-refractivity contribution in [1.82, 2.24) is 5.01 Å². The average Bonchev–Trinajstić information content (AvgIpc) is 2.27. The first kappa shape index (κ1) is 11.7. The molecule has 0 aliphatic rings. The van der Waals surface area contributed by atoms with Crippen LogP contribution in [0.2, 0.25) is 0 Å². The molecule has 0 aliphatic heterocycles. The summed E-state index contributed by atoms with van der Waals surface area (Å²) >= 11 is 0. The topological polar surface area (TPSA) is 46.3 Å². The van der Waals surface area contributed by atoms with Gasteiger partial charge in [0.15, 0.2) is 0 Å². The summed E-state index contributed by atoms with van der Waals surface area (Å²) in [5.41, 5.74) is 1.06. The highest BCUT2D eigenvalue weighted by molar-refractivity contribution is 5.75. The molecule has 0 fully saturated rings. The van der Waals surface area contributed by atoms with Crippen molar-refractivity contribution in [3.63, 3.8) is 0 Å². The van der Waals surface area contributed by atoms with Crippen LogP contribution in [0.1, 0.15) is 31.7 Å². The summed E-state index contributed by atoms with van der Waals surface area (Å²) in [7, 11) is 0. The van der Waals surface area contributed by atoms with Crippen molar-refractivity contribution in [3.05, 3.63) is 35.9 Å². The Bertz CT molecular complexity index is 298. The van der Waals surface area contributed by atoms with E-state index in [1.807, 2.05) is 30.3 Å². The van der Waals surface area contributed by atoms with Crippen molar-refractivity contribution in [2.24, 2.45) is 5.84 Å². The van der Waals surface area contributed by atoms with Gasteiger partial charge in [0.2, 0.25) is 5.91 Å². The average molecular weight is 206 g/mol. The SMILES string of the molecule is CCCCC(=O)N(N)Cc1ccccc1. The van der Waals surface area contributed by atoms with E-state index in [2.05, 4.69) is 6.92 Å². The molecule has 0 unspecified atom stereocenters. The minimum Gasteiger partial charge on any atom is -0.276 e. The molecule has 1 aromatic rings. The Balaban J connectivity index is 2.41. The van der Waals surface area contributed by atoms with Crippen LogP contribution in [0.5, 0.6) is 0 Å². The maximum absolute atomic E-state index is 11.5. The summed E-state index contributed by atoms with van der Waals surface area (Å²) in [5.74, 6) is 5.69. The Morgan fingerprint density at radius 1 is 1.33 bits per heavy atom. The van der Waals surface area contributed by atoms with Crippen LogP contribution in [0.4, 0.5) is 0 Å². The number of rotatable bonds is 5. The number of unbranched alkanes of at least 4 members (excludes halogenated alkanes) is 1. The number of carbonyl (C=O) groups is 1. The van der Waals surface area contributed by atoms with Gasteiger partial charge >= 0.3 is 0 Å². The molecule has 3 nitrogen and oxygen atoms in total. The van der Waals surface area contributed by atoms with E-state index in [-0.39, 0.29) is 5.91 Å². The van der Waals surface area contributed by atoms with Crippen molar-refractivity contribution in [2.45, 2.75) is 32.7 Å². The van der Waals surface area contributed by atoms with E-state index in [4.69, 9.17) is 5.84 Å². The van der Waals surface area contributed by atoms with E-state index in [0.29, 0.717) is 13.0 Å². The van der Waals surface area contributed by atoms with Crippen LogP contribution in [0, 0.1) is 0 Å². The molecule has 82 valence electrons. The van der Waals surface area contributed by atoms with Gasteiger partial charge in [0.05, 0.1) is 6.54 Å². The maximum Gasteiger partial charge on any atom is 0.236 e. The molecule has 0 radical (unpaired) electrons. The highest BCUT2D eigenvalue weighted by atomic mass is 16.2. The standard InChI is InChI=1S/C12H18N2O/c1-2-3-9-12(15)14(13)10-11-7-5-4-6-8-11/h4-8H,2-3,9-10,13H2,1H3.